The highest BCUT2D eigenvalue weighted by Crippen LogP contribution is 2.64. The summed E-state index contributed by atoms with van der Waals surface area (Å²) in [5.74, 6) is -57.3. The van der Waals surface area contributed by atoms with Gasteiger partial charge in [-0.05, 0) is 41.2 Å². The molecule has 1 aromatic rings. The van der Waals surface area contributed by atoms with Crippen molar-refractivity contribution in [2.45, 2.75) is 118 Å². The van der Waals surface area contributed by atoms with Crippen molar-refractivity contribution in [3.8, 4) is 5.75 Å². The third kappa shape index (κ3) is 10.4. The topological polar surface area (TPSA) is 74.2 Å². The van der Waals surface area contributed by atoms with E-state index in [0.29, 0.717) is 5.56 Å². The van der Waals surface area contributed by atoms with E-state index in [-0.39, 0.29) is 18.8 Å². The monoisotopic (exact) mass is 896 g/mol. The third-order valence-corrected chi connectivity index (χ3v) is 14.8. The molecule has 1 N–H and O–H groups in total. The van der Waals surface area contributed by atoms with Gasteiger partial charge in [0.15, 0.2) is 8.32 Å². The van der Waals surface area contributed by atoms with Crippen molar-refractivity contribution in [1.29, 1.82) is 0 Å². The Bertz CT molecular complexity index is 1510. The molecule has 0 radical (unpaired) electrons. The van der Waals surface area contributed by atoms with Gasteiger partial charge in [-0.2, -0.15) is 74.6 Å². The lowest BCUT2D eigenvalue weighted by Crippen LogP contribution is -2.74. The molecule has 0 bridgehead atoms. The fourth-order valence-corrected chi connectivity index (χ4v) is 10.0. The normalized spacial score (nSPS) is 15.6. The smallest absolute Gasteiger partial charge is 0.460 e. The van der Waals surface area contributed by atoms with Crippen molar-refractivity contribution in [3.05, 3.63) is 54.6 Å². The van der Waals surface area contributed by atoms with Crippen LogP contribution in [0.5, 0.6) is 5.75 Å². The summed E-state index contributed by atoms with van der Waals surface area (Å²) in [5.41, 5.74) is -1.41. The number of esters is 1. The van der Waals surface area contributed by atoms with Crippen molar-refractivity contribution in [2.24, 2.45) is 0 Å². The molecule has 0 aliphatic rings. The van der Waals surface area contributed by atoms with E-state index in [0.717, 1.165) is 6.08 Å². The average Bonchev–Trinajstić information content (AvgIpc) is 3.10. The average molecular weight is 897 g/mol. The van der Waals surface area contributed by atoms with Gasteiger partial charge in [0.1, 0.15) is 25.1 Å². The van der Waals surface area contributed by atoms with Crippen LogP contribution in [0, 0.1) is 0 Å². The van der Waals surface area contributed by atoms with Gasteiger partial charge in [-0.25, -0.2) is 4.79 Å². The Morgan fingerprint density at radius 1 is 0.741 bits per heavy atom. The Kier molecular flexibility index (Phi) is 17.4. The quantitative estimate of drug-likeness (QED) is 0.0278. The first-order chi connectivity index (χ1) is 26.1. The summed E-state index contributed by atoms with van der Waals surface area (Å²) in [4.78, 5) is 11.6. The second-order valence-electron chi connectivity index (χ2n) is 13.5. The van der Waals surface area contributed by atoms with Gasteiger partial charge >= 0.3 is 53.6 Å². The number of carbonyl (C=O) groups is 1. The van der Waals surface area contributed by atoms with E-state index < -0.39 is 111 Å². The molecular weight excluding hydrogens is 855 g/mol. The number of hydrogen-bond donors (Lipinski definition) is 1. The largest absolute Gasteiger partial charge is 0.491 e. The van der Waals surface area contributed by atoms with Crippen LogP contribution in [0.15, 0.2) is 49.1 Å². The standard InChI is InChI=1S/C34H41F17O6Si/c1-7-16-56-25(52)10-8-9-24(54-6)26(53)22-11-13-23(14-12-22)55-17-18-57-58(20(2)3,21(4)5)19-15-27(35,36)28(37,38)29(39,40)30(41,42)31(43,44)32(45,46)33(47,48)34(49,50)51/h7-8,10-14,20-21,24,26,53H,1,9,15-19H2,2-6H3/b10-8+/t24-,26-/m1/s1. The minimum Gasteiger partial charge on any atom is -0.491 e. The predicted molar refractivity (Wildman–Crippen MR) is 175 cm³/mol. The first kappa shape index (κ1) is 52.9. The molecule has 0 aliphatic carbocycles. The molecule has 0 heterocycles. The second kappa shape index (κ2) is 19.1. The van der Waals surface area contributed by atoms with Crippen LogP contribution >= 0.6 is 0 Å². The number of halogens is 17. The molecule has 0 aliphatic heterocycles. The highest BCUT2D eigenvalue weighted by molar-refractivity contribution is 6.76. The number of aliphatic hydroxyl groups is 1. The summed E-state index contributed by atoms with van der Waals surface area (Å²) in [6.07, 6.45) is -8.46. The van der Waals surface area contributed by atoms with Gasteiger partial charge in [-0.3, -0.25) is 0 Å². The van der Waals surface area contributed by atoms with Gasteiger partial charge in [0.25, 0.3) is 0 Å². The van der Waals surface area contributed by atoms with Gasteiger partial charge in [0.05, 0.1) is 12.7 Å². The van der Waals surface area contributed by atoms with E-state index in [1.54, 1.807) is 0 Å². The highest BCUT2D eigenvalue weighted by atomic mass is 28.4. The molecule has 6 nitrogen and oxygen atoms in total. The van der Waals surface area contributed by atoms with Gasteiger partial charge in [0.2, 0.25) is 0 Å². The van der Waals surface area contributed by atoms with E-state index >= 15 is 0 Å². The second-order valence-corrected chi connectivity index (χ2v) is 18.5. The maximum Gasteiger partial charge on any atom is 0.460 e. The molecule has 0 unspecified atom stereocenters. The van der Waals surface area contributed by atoms with Gasteiger partial charge in [0, 0.05) is 19.6 Å². The molecule has 24 heteroatoms. The van der Waals surface area contributed by atoms with Crippen LogP contribution in [0.4, 0.5) is 74.6 Å². The number of rotatable bonds is 24. The highest BCUT2D eigenvalue weighted by Gasteiger charge is 2.95. The minimum atomic E-state index is -8.69. The summed E-state index contributed by atoms with van der Waals surface area (Å²) in [6, 6.07) is 4.24. The molecule has 1 aromatic carbocycles. The summed E-state index contributed by atoms with van der Waals surface area (Å²) in [6.45, 7) is 7.74. The van der Waals surface area contributed by atoms with Crippen molar-refractivity contribution in [3.63, 3.8) is 0 Å². The van der Waals surface area contributed by atoms with Crippen molar-refractivity contribution >= 4 is 14.3 Å². The van der Waals surface area contributed by atoms with Crippen LogP contribution in [0.3, 0.4) is 0 Å². The fourth-order valence-electron chi connectivity index (χ4n) is 5.56. The molecular formula is C34H41F17O6Si. The summed E-state index contributed by atoms with van der Waals surface area (Å²) in [5, 5.41) is 10.7. The molecule has 58 heavy (non-hydrogen) atoms. The molecule has 0 amide bonds. The Balaban J connectivity index is 3.18. The molecule has 0 aromatic heterocycles. The number of benzene rings is 1. The Labute approximate surface area is 322 Å². The lowest BCUT2D eigenvalue weighted by Gasteiger charge is -2.44. The summed E-state index contributed by atoms with van der Waals surface area (Å²) >= 11 is 0. The lowest BCUT2D eigenvalue weighted by molar-refractivity contribution is -0.461. The zero-order valence-electron chi connectivity index (χ0n) is 31.2. The molecule has 0 saturated heterocycles. The van der Waals surface area contributed by atoms with E-state index in [2.05, 4.69) is 6.58 Å². The van der Waals surface area contributed by atoms with Gasteiger partial charge in [-0.15, -0.1) is 0 Å². The van der Waals surface area contributed by atoms with E-state index in [1.807, 2.05) is 0 Å². The van der Waals surface area contributed by atoms with E-state index in [4.69, 9.17) is 18.6 Å². The van der Waals surface area contributed by atoms with Crippen LogP contribution in [0.1, 0.15) is 52.2 Å². The van der Waals surface area contributed by atoms with Crippen LogP contribution in [0.2, 0.25) is 17.1 Å². The molecule has 0 fully saturated rings. The van der Waals surface area contributed by atoms with Crippen molar-refractivity contribution in [1.82, 2.24) is 0 Å². The van der Waals surface area contributed by atoms with Crippen LogP contribution in [0.25, 0.3) is 0 Å². The number of carbonyl (C=O) groups excluding carboxylic acids is 1. The molecule has 1 rings (SSSR count). The SMILES string of the molecule is C=CCOC(=O)/C=C/C[C@@H](OC)[C@H](O)c1ccc(OCCO[Si](CCC(F)(F)C(F)(F)C(F)(F)C(F)(F)C(F)(F)C(F)(F)C(F)(F)C(F)(F)F)(C(C)C)C(C)C)cc1. The first-order valence-corrected chi connectivity index (χ1v) is 19.1. The minimum absolute atomic E-state index is 0.0175. The summed E-state index contributed by atoms with van der Waals surface area (Å²) in [7, 11) is -2.66. The third-order valence-electron chi connectivity index (χ3n) is 9.14. The number of hydrogen-bond acceptors (Lipinski definition) is 6. The zero-order valence-corrected chi connectivity index (χ0v) is 32.2. The zero-order chi connectivity index (χ0) is 45.6. The van der Waals surface area contributed by atoms with E-state index in [9.17, 15) is 84.5 Å². The molecule has 0 spiro atoms. The number of aliphatic hydroxyl groups excluding tert-OH is 1. The van der Waals surface area contributed by atoms with E-state index in [1.165, 1.54) is 71.2 Å². The molecule has 0 saturated carbocycles. The van der Waals surface area contributed by atoms with Gasteiger partial charge < -0.3 is 23.7 Å². The number of ether oxygens (including phenoxy) is 3. The van der Waals surface area contributed by atoms with Crippen molar-refractivity contribution < 1.29 is 103 Å². The van der Waals surface area contributed by atoms with Gasteiger partial charge in [-0.1, -0.05) is 58.6 Å². The van der Waals surface area contributed by atoms with Crippen molar-refractivity contribution in [2.75, 3.05) is 26.9 Å². The van der Waals surface area contributed by atoms with Crippen LogP contribution in [-0.2, 0) is 18.7 Å². The Morgan fingerprint density at radius 2 is 1.21 bits per heavy atom. The number of methoxy groups -OCH3 is 1. The molecule has 2 atom stereocenters. The lowest BCUT2D eigenvalue weighted by atomic mass is 9.88. The summed E-state index contributed by atoms with van der Waals surface area (Å²) < 4.78 is 256. The Morgan fingerprint density at radius 3 is 1.64 bits per heavy atom. The Hall–Kier alpha value is -3.12. The fraction of sp³-hybridized carbons (Fsp3) is 0.676. The van der Waals surface area contributed by atoms with Crippen LogP contribution in [-0.4, -0.2) is 100 Å². The van der Waals surface area contributed by atoms with Crippen LogP contribution < -0.4 is 4.74 Å². The maximum absolute atomic E-state index is 14.9. The maximum atomic E-state index is 14.9. The first-order valence-electron chi connectivity index (χ1n) is 16.8. The predicted octanol–water partition coefficient (Wildman–Crippen LogP) is 11.0. The molecule has 336 valence electrons. The number of alkyl halides is 17.